The van der Waals surface area contributed by atoms with Gasteiger partial charge in [0.05, 0.1) is 6.61 Å². The van der Waals surface area contributed by atoms with Gasteiger partial charge in [-0.2, -0.15) is 0 Å². The molecule has 0 spiro atoms. The summed E-state index contributed by atoms with van der Waals surface area (Å²) in [5.74, 6) is 0. The molecule has 0 amide bonds. The van der Waals surface area contributed by atoms with Crippen molar-refractivity contribution in [2.75, 3.05) is 40.5 Å². The van der Waals surface area contributed by atoms with E-state index < -0.39 is 0 Å². The topological polar surface area (TPSA) is 56.5 Å². The summed E-state index contributed by atoms with van der Waals surface area (Å²) in [6.07, 6.45) is 0.920. The molecule has 13 heavy (non-hydrogen) atoms. The van der Waals surface area contributed by atoms with Gasteiger partial charge in [0.1, 0.15) is 0 Å². The zero-order chi connectivity index (χ0) is 10.2. The van der Waals surface area contributed by atoms with Crippen molar-refractivity contribution < 1.29 is 9.47 Å². The molecule has 1 atom stereocenters. The van der Waals surface area contributed by atoms with E-state index in [1.54, 1.807) is 14.2 Å². The maximum atomic E-state index is 5.67. The summed E-state index contributed by atoms with van der Waals surface area (Å²) in [5.41, 5.74) is 5.64. The largest absolute Gasteiger partial charge is 0.385 e. The van der Waals surface area contributed by atoms with Crippen LogP contribution >= 0.6 is 0 Å². The second kappa shape index (κ2) is 7.26. The maximum Gasteiger partial charge on any atom is 0.0587 e. The summed E-state index contributed by atoms with van der Waals surface area (Å²) < 4.78 is 9.97. The maximum absolute atomic E-state index is 5.67. The highest BCUT2D eigenvalue weighted by molar-refractivity contribution is 4.83. The Morgan fingerprint density at radius 3 is 2.31 bits per heavy atom. The predicted octanol–water partition coefficient (Wildman–Crippen LogP) is -0.0237. The Hall–Kier alpha value is -0.160. The van der Waals surface area contributed by atoms with E-state index in [1.165, 1.54) is 0 Å². The third-order valence-electron chi connectivity index (χ3n) is 2.17. The van der Waals surface area contributed by atoms with Gasteiger partial charge in [-0.05, 0) is 13.3 Å². The number of hydrogen-bond acceptors (Lipinski definition) is 4. The van der Waals surface area contributed by atoms with Gasteiger partial charge >= 0.3 is 0 Å². The summed E-state index contributed by atoms with van der Waals surface area (Å²) in [4.78, 5) is 0. The van der Waals surface area contributed by atoms with Crippen molar-refractivity contribution in [3.8, 4) is 0 Å². The van der Waals surface area contributed by atoms with E-state index in [-0.39, 0.29) is 5.54 Å². The molecule has 0 saturated heterocycles. The summed E-state index contributed by atoms with van der Waals surface area (Å²) >= 11 is 0. The lowest BCUT2D eigenvalue weighted by molar-refractivity contribution is 0.149. The first-order valence-corrected chi connectivity index (χ1v) is 4.61. The van der Waals surface area contributed by atoms with Crippen LogP contribution in [-0.2, 0) is 9.47 Å². The number of rotatable bonds is 8. The van der Waals surface area contributed by atoms with E-state index in [4.69, 9.17) is 15.2 Å². The minimum atomic E-state index is -0.0332. The van der Waals surface area contributed by atoms with Crippen LogP contribution in [0.25, 0.3) is 0 Å². The van der Waals surface area contributed by atoms with Crippen molar-refractivity contribution in [2.45, 2.75) is 18.9 Å². The van der Waals surface area contributed by atoms with Gasteiger partial charge in [-0.15, -0.1) is 0 Å². The van der Waals surface area contributed by atoms with Gasteiger partial charge in [-0.1, -0.05) is 0 Å². The van der Waals surface area contributed by atoms with Crippen LogP contribution in [0.4, 0.5) is 0 Å². The van der Waals surface area contributed by atoms with Gasteiger partial charge in [-0.25, -0.2) is 0 Å². The average Bonchev–Trinajstić information content (AvgIpc) is 2.15. The van der Waals surface area contributed by atoms with Gasteiger partial charge < -0.3 is 20.5 Å². The molecule has 0 aromatic rings. The minimum Gasteiger partial charge on any atom is -0.385 e. The first kappa shape index (κ1) is 12.8. The molecule has 4 heteroatoms. The van der Waals surface area contributed by atoms with E-state index >= 15 is 0 Å². The predicted molar refractivity (Wildman–Crippen MR) is 53.8 cm³/mol. The second-order valence-corrected chi connectivity index (χ2v) is 3.43. The fraction of sp³-hybridized carbons (Fsp3) is 1.00. The number of methoxy groups -OCH3 is 2. The van der Waals surface area contributed by atoms with E-state index in [9.17, 15) is 0 Å². The lowest BCUT2D eigenvalue weighted by Gasteiger charge is -2.29. The van der Waals surface area contributed by atoms with Gasteiger partial charge in [0.2, 0.25) is 0 Å². The number of nitrogens with two attached hydrogens (primary N) is 1. The van der Waals surface area contributed by atoms with Crippen LogP contribution < -0.4 is 11.1 Å². The van der Waals surface area contributed by atoms with Crippen LogP contribution in [0.1, 0.15) is 13.3 Å². The molecule has 0 bridgehead atoms. The zero-order valence-electron chi connectivity index (χ0n) is 8.93. The quantitative estimate of drug-likeness (QED) is 0.528. The van der Waals surface area contributed by atoms with Crippen molar-refractivity contribution in [1.82, 2.24) is 5.32 Å². The van der Waals surface area contributed by atoms with Gasteiger partial charge in [-0.3, -0.25) is 0 Å². The first-order valence-electron chi connectivity index (χ1n) is 4.61. The second-order valence-electron chi connectivity index (χ2n) is 3.43. The van der Waals surface area contributed by atoms with Crippen LogP contribution in [0.5, 0.6) is 0 Å². The van der Waals surface area contributed by atoms with Gasteiger partial charge in [0.25, 0.3) is 0 Å². The highest BCUT2D eigenvalue weighted by Crippen LogP contribution is 2.06. The summed E-state index contributed by atoms with van der Waals surface area (Å²) in [7, 11) is 3.39. The average molecular weight is 190 g/mol. The molecule has 0 heterocycles. The Bertz CT molecular complexity index is 122. The smallest absolute Gasteiger partial charge is 0.0587 e. The number of ether oxygens (including phenoxy) is 2. The molecule has 0 aliphatic heterocycles. The summed E-state index contributed by atoms with van der Waals surface area (Å²) in [5, 5.41) is 3.35. The molecule has 80 valence electrons. The van der Waals surface area contributed by atoms with Crippen molar-refractivity contribution >= 4 is 0 Å². The van der Waals surface area contributed by atoms with Crippen LogP contribution in [0, 0.1) is 0 Å². The molecule has 4 nitrogen and oxygen atoms in total. The van der Waals surface area contributed by atoms with Gasteiger partial charge in [0, 0.05) is 39.5 Å². The lowest BCUT2D eigenvalue weighted by Crippen LogP contribution is -2.50. The zero-order valence-corrected chi connectivity index (χ0v) is 8.93. The molecule has 0 aromatic heterocycles. The Kier molecular flexibility index (Phi) is 7.17. The molecule has 1 unspecified atom stereocenters. The van der Waals surface area contributed by atoms with Crippen molar-refractivity contribution in [2.24, 2.45) is 5.73 Å². The minimum absolute atomic E-state index is 0.0332. The fourth-order valence-electron chi connectivity index (χ4n) is 1.04. The van der Waals surface area contributed by atoms with Crippen LogP contribution in [0.3, 0.4) is 0 Å². The van der Waals surface area contributed by atoms with Crippen LogP contribution in [0.15, 0.2) is 0 Å². The van der Waals surface area contributed by atoms with E-state index in [2.05, 4.69) is 12.2 Å². The molecular formula is C9H22N2O2. The van der Waals surface area contributed by atoms with Crippen molar-refractivity contribution in [3.63, 3.8) is 0 Å². The Balaban J connectivity index is 3.67. The number of nitrogens with one attached hydrogen (secondary N) is 1. The Morgan fingerprint density at radius 2 is 1.85 bits per heavy atom. The molecular weight excluding hydrogens is 168 g/mol. The standard InChI is InChI=1S/C9H22N2O2/c1-9(8-10,4-6-12-2)11-5-7-13-3/h11H,4-8,10H2,1-3H3. The van der Waals surface area contributed by atoms with Crippen LogP contribution in [0.2, 0.25) is 0 Å². The van der Waals surface area contributed by atoms with Gasteiger partial charge in [0.15, 0.2) is 0 Å². The lowest BCUT2D eigenvalue weighted by atomic mass is 9.99. The fourth-order valence-corrected chi connectivity index (χ4v) is 1.04. The highest BCUT2D eigenvalue weighted by atomic mass is 16.5. The molecule has 0 fully saturated rings. The van der Waals surface area contributed by atoms with E-state index in [1.807, 2.05) is 0 Å². The number of hydrogen-bond donors (Lipinski definition) is 2. The Labute approximate surface area is 80.8 Å². The van der Waals surface area contributed by atoms with Crippen molar-refractivity contribution in [1.29, 1.82) is 0 Å². The van der Waals surface area contributed by atoms with E-state index in [0.717, 1.165) is 19.6 Å². The third kappa shape index (κ3) is 5.99. The molecule has 0 rings (SSSR count). The third-order valence-corrected chi connectivity index (χ3v) is 2.17. The van der Waals surface area contributed by atoms with Crippen LogP contribution in [-0.4, -0.2) is 46.1 Å². The molecule has 0 radical (unpaired) electrons. The molecule has 0 saturated carbocycles. The molecule has 0 aliphatic carbocycles. The van der Waals surface area contributed by atoms with Crippen molar-refractivity contribution in [3.05, 3.63) is 0 Å². The van der Waals surface area contributed by atoms with E-state index in [0.29, 0.717) is 13.2 Å². The summed E-state index contributed by atoms with van der Waals surface area (Å²) in [6, 6.07) is 0. The molecule has 0 aliphatic rings. The molecule has 3 N–H and O–H groups in total. The summed E-state index contributed by atoms with van der Waals surface area (Å²) in [6.45, 7) is 4.98. The SMILES string of the molecule is COCCNC(C)(CN)CCOC. The first-order chi connectivity index (χ1) is 6.18. The highest BCUT2D eigenvalue weighted by Gasteiger charge is 2.20. The molecule has 0 aromatic carbocycles. The Morgan fingerprint density at radius 1 is 1.23 bits per heavy atom. The normalized spacial score (nSPS) is 15.7. The monoisotopic (exact) mass is 190 g/mol.